The van der Waals surface area contributed by atoms with E-state index >= 15 is 0 Å². The van der Waals surface area contributed by atoms with E-state index in [2.05, 4.69) is 17.4 Å². The maximum Gasteiger partial charge on any atom is 0.416 e. The van der Waals surface area contributed by atoms with E-state index in [1.54, 1.807) is 6.07 Å². The number of rotatable bonds is 3. The molecule has 0 saturated carbocycles. The van der Waals surface area contributed by atoms with Crippen LogP contribution in [0.2, 0.25) is 0 Å². The van der Waals surface area contributed by atoms with Crippen molar-refractivity contribution in [1.82, 2.24) is 5.32 Å². The molecular weight excluding hydrogens is 287 g/mol. The van der Waals surface area contributed by atoms with Crippen molar-refractivity contribution in [3.63, 3.8) is 0 Å². The number of nitrogens with one attached hydrogen (secondary N) is 1. The number of alkyl halides is 3. The molecule has 0 heterocycles. The average Bonchev–Trinajstić information content (AvgIpc) is 2.52. The van der Waals surface area contributed by atoms with Gasteiger partial charge >= 0.3 is 6.18 Å². The van der Waals surface area contributed by atoms with Crippen molar-refractivity contribution in [2.24, 2.45) is 0 Å². The van der Waals surface area contributed by atoms with Crippen molar-refractivity contribution in [2.45, 2.75) is 38.0 Å². The van der Waals surface area contributed by atoms with Crippen molar-refractivity contribution in [3.8, 4) is 0 Å². The number of benzene rings is 2. The Bertz CT molecular complexity index is 649. The zero-order valence-corrected chi connectivity index (χ0v) is 12.2. The predicted molar refractivity (Wildman–Crippen MR) is 80.4 cm³/mol. The number of hydrogen-bond acceptors (Lipinski definition) is 1. The van der Waals surface area contributed by atoms with Crippen molar-refractivity contribution in [2.75, 3.05) is 0 Å². The van der Waals surface area contributed by atoms with Crippen LogP contribution >= 0.6 is 0 Å². The van der Waals surface area contributed by atoms with Gasteiger partial charge in [0.1, 0.15) is 0 Å². The Kier molecular flexibility index (Phi) is 4.21. The first-order valence-electron chi connectivity index (χ1n) is 7.51. The van der Waals surface area contributed by atoms with Crippen LogP contribution in [0.25, 0.3) is 0 Å². The van der Waals surface area contributed by atoms with Gasteiger partial charge in [-0.1, -0.05) is 42.5 Å². The van der Waals surface area contributed by atoms with Gasteiger partial charge in [0.25, 0.3) is 0 Å². The molecule has 0 unspecified atom stereocenters. The van der Waals surface area contributed by atoms with Gasteiger partial charge in [-0.05, 0) is 42.0 Å². The molecule has 3 rings (SSSR count). The van der Waals surface area contributed by atoms with Gasteiger partial charge in [-0.3, -0.25) is 0 Å². The van der Waals surface area contributed by atoms with E-state index in [0.29, 0.717) is 12.1 Å². The summed E-state index contributed by atoms with van der Waals surface area (Å²) in [5.41, 5.74) is 2.70. The number of fused-ring (bicyclic) bond motifs is 1. The fraction of sp³-hybridized carbons (Fsp3) is 0.333. The average molecular weight is 305 g/mol. The van der Waals surface area contributed by atoms with E-state index < -0.39 is 11.7 Å². The molecule has 0 spiro atoms. The molecular formula is C18H18F3N. The SMILES string of the molecule is FC(F)(F)c1cccc(CN[C@H]2CCCc3ccccc32)c1. The van der Waals surface area contributed by atoms with Gasteiger partial charge in [0.15, 0.2) is 0 Å². The van der Waals surface area contributed by atoms with Gasteiger partial charge < -0.3 is 5.32 Å². The minimum absolute atomic E-state index is 0.222. The Balaban J connectivity index is 1.71. The molecule has 0 saturated heterocycles. The van der Waals surface area contributed by atoms with Gasteiger partial charge in [-0.2, -0.15) is 13.2 Å². The third-order valence-electron chi connectivity index (χ3n) is 4.18. The second kappa shape index (κ2) is 6.13. The summed E-state index contributed by atoms with van der Waals surface area (Å²) in [5, 5.41) is 3.41. The molecule has 0 aromatic heterocycles. The van der Waals surface area contributed by atoms with E-state index in [1.807, 2.05) is 12.1 Å². The molecule has 22 heavy (non-hydrogen) atoms. The molecule has 1 nitrogen and oxygen atoms in total. The molecule has 0 fully saturated rings. The standard InChI is InChI=1S/C18H18F3N/c19-18(20,21)15-8-3-5-13(11-15)12-22-17-10-4-7-14-6-1-2-9-16(14)17/h1-3,5-6,8-9,11,17,22H,4,7,10,12H2/t17-/m0/s1. The zero-order chi connectivity index (χ0) is 15.6. The normalized spacial score (nSPS) is 18.0. The van der Waals surface area contributed by atoms with Crippen LogP contribution in [0.3, 0.4) is 0 Å². The van der Waals surface area contributed by atoms with Gasteiger partial charge in [0, 0.05) is 12.6 Å². The van der Waals surface area contributed by atoms with Crippen LogP contribution in [-0.2, 0) is 19.1 Å². The van der Waals surface area contributed by atoms with E-state index in [9.17, 15) is 13.2 Å². The summed E-state index contributed by atoms with van der Waals surface area (Å²) < 4.78 is 38.2. The molecule has 0 radical (unpaired) electrons. The lowest BCUT2D eigenvalue weighted by molar-refractivity contribution is -0.137. The summed E-state index contributed by atoms with van der Waals surface area (Å²) in [6.07, 6.45) is -1.07. The molecule has 2 aromatic rings. The lowest BCUT2D eigenvalue weighted by atomic mass is 9.87. The second-order valence-electron chi connectivity index (χ2n) is 5.72. The highest BCUT2D eigenvalue weighted by Crippen LogP contribution is 2.31. The molecule has 1 aliphatic carbocycles. The molecule has 1 N–H and O–H groups in total. The van der Waals surface area contributed by atoms with Gasteiger partial charge in [0.2, 0.25) is 0 Å². The van der Waals surface area contributed by atoms with Crippen molar-refractivity contribution >= 4 is 0 Å². The molecule has 1 atom stereocenters. The van der Waals surface area contributed by atoms with Crippen LogP contribution in [0.4, 0.5) is 13.2 Å². The number of hydrogen-bond donors (Lipinski definition) is 1. The second-order valence-corrected chi connectivity index (χ2v) is 5.72. The summed E-state index contributed by atoms with van der Waals surface area (Å²) in [6, 6.07) is 14.1. The molecule has 2 aromatic carbocycles. The Morgan fingerprint density at radius 3 is 2.68 bits per heavy atom. The van der Waals surface area contributed by atoms with Crippen LogP contribution in [0.1, 0.15) is 41.1 Å². The third-order valence-corrected chi connectivity index (χ3v) is 4.18. The summed E-state index contributed by atoms with van der Waals surface area (Å²) in [4.78, 5) is 0. The lowest BCUT2D eigenvalue weighted by Gasteiger charge is -2.26. The van der Waals surface area contributed by atoms with E-state index in [-0.39, 0.29) is 6.04 Å². The minimum Gasteiger partial charge on any atom is -0.306 e. The maximum absolute atomic E-state index is 12.7. The fourth-order valence-electron chi connectivity index (χ4n) is 3.06. The quantitative estimate of drug-likeness (QED) is 0.853. The first-order valence-corrected chi connectivity index (χ1v) is 7.51. The van der Waals surface area contributed by atoms with Crippen LogP contribution in [-0.4, -0.2) is 0 Å². The van der Waals surface area contributed by atoms with Gasteiger partial charge in [-0.25, -0.2) is 0 Å². The third kappa shape index (κ3) is 3.33. The maximum atomic E-state index is 12.7. The summed E-state index contributed by atoms with van der Waals surface area (Å²) in [5.74, 6) is 0. The van der Waals surface area contributed by atoms with Crippen LogP contribution in [0.5, 0.6) is 0 Å². The number of halogens is 3. The molecule has 0 bridgehead atoms. The molecule has 116 valence electrons. The first-order chi connectivity index (χ1) is 10.5. The van der Waals surface area contributed by atoms with Crippen molar-refractivity contribution in [1.29, 1.82) is 0 Å². The molecule has 0 aliphatic heterocycles. The van der Waals surface area contributed by atoms with E-state index in [4.69, 9.17) is 0 Å². The summed E-state index contributed by atoms with van der Waals surface area (Å²) in [6.45, 7) is 0.447. The smallest absolute Gasteiger partial charge is 0.306 e. The highest BCUT2D eigenvalue weighted by molar-refractivity contribution is 5.32. The zero-order valence-electron chi connectivity index (χ0n) is 12.2. The first kappa shape index (κ1) is 15.1. The van der Waals surface area contributed by atoms with Crippen LogP contribution in [0.15, 0.2) is 48.5 Å². The Morgan fingerprint density at radius 2 is 1.86 bits per heavy atom. The van der Waals surface area contributed by atoms with Gasteiger partial charge in [0.05, 0.1) is 5.56 Å². The topological polar surface area (TPSA) is 12.0 Å². The highest BCUT2D eigenvalue weighted by atomic mass is 19.4. The lowest BCUT2D eigenvalue weighted by Crippen LogP contribution is -2.25. The monoisotopic (exact) mass is 305 g/mol. The summed E-state index contributed by atoms with van der Waals surface area (Å²) in [7, 11) is 0. The van der Waals surface area contributed by atoms with Crippen molar-refractivity contribution in [3.05, 3.63) is 70.8 Å². The Morgan fingerprint density at radius 1 is 1.05 bits per heavy atom. The Labute approximate surface area is 128 Å². The van der Waals surface area contributed by atoms with E-state index in [1.165, 1.54) is 23.3 Å². The highest BCUT2D eigenvalue weighted by Gasteiger charge is 2.30. The largest absolute Gasteiger partial charge is 0.416 e. The van der Waals surface area contributed by atoms with Crippen LogP contribution in [0, 0.1) is 0 Å². The van der Waals surface area contributed by atoms with Crippen LogP contribution < -0.4 is 5.32 Å². The van der Waals surface area contributed by atoms with Gasteiger partial charge in [-0.15, -0.1) is 0 Å². The number of aryl methyl sites for hydroxylation is 1. The Hall–Kier alpha value is -1.81. The predicted octanol–water partition coefficient (Wildman–Crippen LogP) is 4.87. The summed E-state index contributed by atoms with van der Waals surface area (Å²) >= 11 is 0. The molecule has 0 amide bonds. The minimum atomic E-state index is -4.28. The fourth-order valence-corrected chi connectivity index (χ4v) is 3.06. The van der Waals surface area contributed by atoms with Crippen molar-refractivity contribution < 1.29 is 13.2 Å². The molecule has 1 aliphatic rings. The van der Waals surface area contributed by atoms with E-state index in [0.717, 1.165) is 25.3 Å². The molecule has 4 heteroatoms.